The molecule has 0 saturated heterocycles. The van der Waals surface area contributed by atoms with Crippen LogP contribution in [0.2, 0.25) is 0 Å². The molecule has 0 saturated carbocycles. The number of allylic oxidation sites excluding steroid dienone is 4. The Balaban J connectivity index is 0.821. The van der Waals surface area contributed by atoms with E-state index in [1.54, 1.807) is 0 Å². The molecule has 4 aliphatic rings. The smallest absolute Gasteiger partial charge is 0.132 e. The fourth-order valence-electron chi connectivity index (χ4n) is 15.0. The Hall–Kier alpha value is -11.7. The maximum atomic E-state index is 6.87. The highest BCUT2D eigenvalue weighted by Crippen LogP contribution is 2.66. The Kier molecular flexibility index (Phi) is 12.3. The van der Waals surface area contributed by atoms with Crippen molar-refractivity contribution in [2.45, 2.75) is 10.8 Å². The molecule has 0 atom stereocenters. The van der Waals surface area contributed by atoms with E-state index in [1.807, 2.05) is 18.2 Å². The lowest BCUT2D eigenvalue weighted by atomic mass is 9.60. The number of hydrogen-bond donors (Lipinski definition) is 0. The summed E-state index contributed by atoms with van der Waals surface area (Å²) in [5, 5.41) is 0. The molecule has 0 aromatic heterocycles. The van der Waals surface area contributed by atoms with Gasteiger partial charge in [-0.1, -0.05) is 244 Å². The molecule has 0 bridgehead atoms. The molecule has 0 amide bonds. The second kappa shape index (κ2) is 21.0. The number of nitrogens with zero attached hydrogens (tertiary/aromatic N) is 2. The van der Waals surface area contributed by atoms with Crippen LogP contribution in [0.4, 0.5) is 34.1 Å². The van der Waals surface area contributed by atoms with E-state index >= 15 is 0 Å². The van der Waals surface area contributed by atoms with Crippen LogP contribution in [0.5, 0.6) is 23.0 Å². The second-order valence-corrected chi connectivity index (χ2v) is 23.5. The van der Waals surface area contributed by atoms with Crippen LogP contribution >= 0.6 is 0 Å². The standard InChI is InChI=1S/C86H58N2O2/c1-3-22-57(4-2)63-41-49-77-73(53-63)85(69-29-14-18-33-81(69)89-82-34-19-15-30-70(82)85)74-54-64(58-23-8-5-9-24-58)42-50-78(74)87(77)67-45-37-61(38-46-67)62-39-47-68(48-40-62)88-79-51-43-65(59-25-10-6-11-26-59)55-75(79)86(76-56-66(44-52-80(76)88)60-27-12-7-13-28-60)71-31-16-20-35-83(71)90-84-36-21-17-32-72(84)86/h3-56H,1-2H2/b57-22+. The van der Waals surface area contributed by atoms with Gasteiger partial charge < -0.3 is 19.3 Å². The first kappa shape index (κ1) is 52.6. The van der Waals surface area contributed by atoms with E-state index in [0.717, 1.165) is 146 Å². The summed E-state index contributed by atoms with van der Waals surface area (Å²) in [5.74, 6) is 3.37. The molecule has 4 nitrogen and oxygen atoms in total. The molecule has 4 aliphatic heterocycles. The van der Waals surface area contributed by atoms with Crippen molar-refractivity contribution in [1.29, 1.82) is 0 Å². The normalized spacial score (nSPS) is 14.0. The Labute approximate surface area is 525 Å². The van der Waals surface area contributed by atoms with Gasteiger partial charge in [-0.25, -0.2) is 0 Å². The molecule has 0 N–H and O–H groups in total. The van der Waals surface area contributed by atoms with Crippen LogP contribution in [0.25, 0.3) is 50.1 Å². The summed E-state index contributed by atoms with van der Waals surface area (Å²) in [5.41, 5.74) is 25.2. The van der Waals surface area contributed by atoms with Gasteiger partial charge in [-0.2, -0.15) is 0 Å². The highest BCUT2D eigenvalue weighted by molar-refractivity contribution is 5.96. The van der Waals surface area contributed by atoms with Crippen molar-refractivity contribution in [3.05, 3.63) is 391 Å². The van der Waals surface area contributed by atoms with E-state index in [9.17, 15) is 0 Å². The van der Waals surface area contributed by atoms with Crippen molar-refractivity contribution >= 4 is 39.7 Å². The zero-order chi connectivity index (χ0) is 59.9. The van der Waals surface area contributed by atoms with Gasteiger partial charge in [0.05, 0.1) is 33.6 Å². The lowest BCUT2D eigenvalue weighted by Crippen LogP contribution is -2.39. The van der Waals surface area contributed by atoms with Crippen molar-refractivity contribution in [2.24, 2.45) is 0 Å². The van der Waals surface area contributed by atoms with Crippen LogP contribution in [-0.2, 0) is 10.8 Å². The average Bonchev–Trinajstić information content (AvgIpc) is 0.689. The molecule has 0 fully saturated rings. The SMILES string of the molecule is C=C/C=C(\C=C)c1ccc2c(c1)C1(c3ccccc3Oc3ccccc31)c1cc(-c3ccccc3)ccc1N2c1ccc(-c2ccc(N3c4ccc(-c5ccccc5)cc4C4(c5ccccc5Oc5ccccc54)c4cc(-c5ccccc5)ccc43)cc2)cc1. The third kappa shape index (κ3) is 7.94. The summed E-state index contributed by atoms with van der Waals surface area (Å²) in [7, 11) is 0. The minimum absolute atomic E-state index is 0.747. The minimum atomic E-state index is -0.778. The van der Waals surface area contributed by atoms with Crippen LogP contribution in [0.3, 0.4) is 0 Å². The first-order valence-corrected chi connectivity index (χ1v) is 30.8. The van der Waals surface area contributed by atoms with E-state index in [0.29, 0.717) is 0 Å². The van der Waals surface area contributed by atoms with Gasteiger partial charge in [-0.3, -0.25) is 0 Å². The summed E-state index contributed by atoms with van der Waals surface area (Å²) in [4.78, 5) is 4.92. The van der Waals surface area contributed by atoms with Gasteiger partial charge in [0.2, 0.25) is 0 Å². The fraction of sp³-hybridized carbons (Fsp3) is 0.0233. The molecular formula is C86H58N2O2. The van der Waals surface area contributed by atoms with Crippen LogP contribution in [0.1, 0.15) is 50.1 Å². The summed E-state index contributed by atoms with van der Waals surface area (Å²) < 4.78 is 13.7. The van der Waals surface area contributed by atoms with Crippen molar-refractivity contribution in [2.75, 3.05) is 9.80 Å². The largest absolute Gasteiger partial charge is 0.457 e. The van der Waals surface area contributed by atoms with Crippen LogP contribution in [-0.4, -0.2) is 0 Å². The summed E-state index contributed by atoms with van der Waals surface area (Å²) in [6, 6.07) is 113. The predicted octanol–water partition coefficient (Wildman–Crippen LogP) is 22.7. The molecular weight excluding hydrogens is 1090 g/mol. The summed E-state index contributed by atoms with van der Waals surface area (Å²) >= 11 is 0. The number of fused-ring (bicyclic) bond motifs is 16. The third-order valence-corrected chi connectivity index (χ3v) is 18.9. The Morgan fingerprint density at radius 1 is 0.278 bits per heavy atom. The van der Waals surface area contributed by atoms with Crippen molar-refractivity contribution < 1.29 is 9.47 Å². The second-order valence-electron chi connectivity index (χ2n) is 23.5. The van der Waals surface area contributed by atoms with E-state index in [1.165, 1.54) is 11.1 Å². The van der Waals surface area contributed by atoms with E-state index < -0.39 is 10.8 Å². The predicted molar refractivity (Wildman–Crippen MR) is 370 cm³/mol. The highest BCUT2D eigenvalue weighted by atomic mass is 16.5. The van der Waals surface area contributed by atoms with Gasteiger partial charge in [0, 0.05) is 33.6 Å². The van der Waals surface area contributed by atoms with Crippen molar-refractivity contribution in [3.8, 4) is 67.5 Å². The van der Waals surface area contributed by atoms with Gasteiger partial charge in [0.15, 0.2) is 0 Å². The number of hydrogen-bond acceptors (Lipinski definition) is 4. The number of ether oxygens (including phenoxy) is 2. The molecule has 17 rings (SSSR count). The molecule has 0 aliphatic carbocycles. The molecule has 13 aromatic rings. The Morgan fingerprint density at radius 3 is 0.900 bits per heavy atom. The lowest BCUT2D eigenvalue weighted by Gasteiger charge is -2.49. The van der Waals surface area contributed by atoms with E-state index in [-0.39, 0.29) is 0 Å². The lowest BCUT2D eigenvalue weighted by molar-refractivity contribution is 0.434. The van der Waals surface area contributed by atoms with Gasteiger partial charge in [0.1, 0.15) is 23.0 Å². The van der Waals surface area contributed by atoms with Gasteiger partial charge in [-0.05, 0) is 175 Å². The average molecular weight is 1150 g/mol. The summed E-state index contributed by atoms with van der Waals surface area (Å²) in [6.07, 6.45) is 5.79. The molecule has 90 heavy (non-hydrogen) atoms. The van der Waals surface area contributed by atoms with Crippen molar-refractivity contribution in [3.63, 3.8) is 0 Å². The first-order valence-electron chi connectivity index (χ1n) is 30.8. The highest BCUT2D eigenvalue weighted by Gasteiger charge is 2.53. The molecule has 4 heteroatoms. The molecule has 0 unspecified atom stereocenters. The molecule has 2 spiro atoms. The molecule has 0 radical (unpaired) electrons. The number of benzene rings is 13. The Morgan fingerprint density at radius 2 is 0.567 bits per heavy atom. The fourth-order valence-corrected chi connectivity index (χ4v) is 15.0. The topological polar surface area (TPSA) is 24.9 Å². The van der Waals surface area contributed by atoms with Gasteiger partial charge >= 0.3 is 0 Å². The van der Waals surface area contributed by atoms with Crippen LogP contribution < -0.4 is 19.3 Å². The third-order valence-electron chi connectivity index (χ3n) is 18.9. The molecule has 4 heterocycles. The quantitative estimate of drug-likeness (QED) is 0.135. The summed E-state index contributed by atoms with van der Waals surface area (Å²) in [6.45, 7) is 8.36. The van der Waals surface area contributed by atoms with E-state index in [4.69, 9.17) is 9.47 Å². The van der Waals surface area contributed by atoms with Crippen LogP contribution in [0, 0.1) is 0 Å². The number of para-hydroxylation sites is 4. The van der Waals surface area contributed by atoms with Gasteiger partial charge in [0.25, 0.3) is 0 Å². The van der Waals surface area contributed by atoms with Crippen molar-refractivity contribution in [1.82, 2.24) is 0 Å². The molecule has 13 aromatic carbocycles. The monoisotopic (exact) mass is 1150 g/mol. The zero-order valence-corrected chi connectivity index (χ0v) is 49.3. The number of anilines is 6. The first-order chi connectivity index (χ1) is 44.5. The van der Waals surface area contributed by atoms with E-state index in [2.05, 4.69) is 332 Å². The van der Waals surface area contributed by atoms with Crippen LogP contribution in [0.15, 0.2) is 341 Å². The minimum Gasteiger partial charge on any atom is -0.457 e. The Bertz CT molecular complexity index is 4860. The maximum Gasteiger partial charge on any atom is 0.132 e. The zero-order valence-electron chi connectivity index (χ0n) is 49.3. The van der Waals surface area contributed by atoms with Gasteiger partial charge in [-0.15, -0.1) is 0 Å². The number of rotatable bonds is 9. The molecule has 424 valence electrons. The maximum absolute atomic E-state index is 6.87.